The number of rotatable bonds is 3. The van der Waals surface area contributed by atoms with Crippen LogP contribution in [0.4, 0.5) is 10.1 Å². The van der Waals surface area contributed by atoms with Crippen molar-refractivity contribution < 1.29 is 23.5 Å². The second kappa shape index (κ2) is 6.08. The van der Waals surface area contributed by atoms with Crippen LogP contribution in [0.3, 0.4) is 0 Å². The van der Waals surface area contributed by atoms with Crippen LogP contribution in [0.5, 0.6) is 11.5 Å². The molecule has 5 nitrogen and oxygen atoms in total. The summed E-state index contributed by atoms with van der Waals surface area (Å²) >= 11 is 0. The van der Waals surface area contributed by atoms with Crippen molar-refractivity contribution in [2.45, 2.75) is 13.0 Å². The minimum Gasteiger partial charge on any atom is -0.479 e. The summed E-state index contributed by atoms with van der Waals surface area (Å²) in [6, 6.07) is 12.2. The zero-order valence-corrected chi connectivity index (χ0v) is 12.4. The molecule has 118 valence electrons. The van der Waals surface area contributed by atoms with Gasteiger partial charge in [-0.1, -0.05) is 18.2 Å². The van der Waals surface area contributed by atoms with Crippen molar-refractivity contribution in [2.24, 2.45) is 0 Å². The van der Waals surface area contributed by atoms with E-state index in [0.29, 0.717) is 11.4 Å². The van der Waals surface area contributed by atoms with Crippen LogP contribution in [0.25, 0.3) is 0 Å². The monoisotopic (exact) mass is 315 g/mol. The van der Waals surface area contributed by atoms with E-state index >= 15 is 0 Å². The van der Waals surface area contributed by atoms with Gasteiger partial charge in [0, 0.05) is 6.07 Å². The second-order valence-electron chi connectivity index (χ2n) is 5.08. The highest BCUT2D eigenvalue weighted by atomic mass is 19.1. The van der Waals surface area contributed by atoms with E-state index in [9.17, 15) is 14.0 Å². The van der Waals surface area contributed by atoms with E-state index in [4.69, 9.17) is 9.47 Å². The third-order valence-corrected chi connectivity index (χ3v) is 3.39. The predicted molar refractivity (Wildman–Crippen MR) is 80.9 cm³/mol. The number of ether oxygens (including phenoxy) is 2. The molecular formula is C17H14FNO4. The van der Waals surface area contributed by atoms with Gasteiger partial charge in [-0.15, -0.1) is 0 Å². The van der Waals surface area contributed by atoms with Crippen molar-refractivity contribution in [1.29, 1.82) is 0 Å². The first-order valence-electron chi connectivity index (χ1n) is 7.08. The third-order valence-electron chi connectivity index (χ3n) is 3.39. The van der Waals surface area contributed by atoms with E-state index in [1.807, 2.05) is 0 Å². The number of benzene rings is 2. The summed E-state index contributed by atoms with van der Waals surface area (Å²) in [6.45, 7) is 1.34. The van der Waals surface area contributed by atoms with E-state index in [1.54, 1.807) is 31.2 Å². The Morgan fingerprint density at radius 2 is 2.04 bits per heavy atom. The largest absolute Gasteiger partial charge is 0.479 e. The molecule has 0 spiro atoms. The van der Waals surface area contributed by atoms with Crippen LogP contribution in [-0.4, -0.2) is 24.5 Å². The van der Waals surface area contributed by atoms with Crippen LogP contribution < -0.4 is 14.4 Å². The Balaban J connectivity index is 1.78. The number of carbonyl (C=O) groups excluding carboxylic acids is 2. The Kier molecular flexibility index (Phi) is 3.97. The van der Waals surface area contributed by atoms with Crippen molar-refractivity contribution in [2.75, 3.05) is 11.4 Å². The molecule has 0 fully saturated rings. The lowest BCUT2D eigenvalue weighted by Crippen LogP contribution is -2.47. The number of hydrogen-bond acceptors (Lipinski definition) is 4. The number of amides is 1. The molecule has 2 aromatic rings. The number of fused-ring (bicyclic) bond motifs is 1. The van der Waals surface area contributed by atoms with Crippen LogP contribution in [0.15, 0.2) is 48.5 Å². The topological polar surface area (TPSA) is 55.8 Å². The molecule has 0 aliphatic carbocycles. The van der Waals surface area contributed by atoms with Crippen LogP contribution in [-0.2, 0) is 9.59 Å². The minimum atomic E-state index is -0.688. The number of nitrogens with zero attached hydrogens (tertiary/aromatic N) is 1. The molecule has 0 bridgehead atoms. The lowest BCUT2D eigenvalue weighted by molar-refractivity contribution is -0.135. The van der Waals surface area contributed by atoms with Crippen LogP contribution in [0, 0.1) is 5.82 Å². The molecule has 1 heterocycles. The summed E-state index contributed by atoms with van der Waals surface area (Å²) in [5.74, 6) is -0.875. The van der Waals surface area contributed by atoms with E-state index in [2.05, 4.69) is 0 Å². The molecule has 23 heavy (non-hydrogen) atoms. The fraction of sp³-hybridized carbons (Fsp3) is 0.176. The summed E-state index contributed by atoms with van der Waals surface area (Å²) in [6.07, 6.45) is -0.688. The van der Waals surface area contributed by atoms with E-state index in [1.165, 1.54) is 23.1 Å². The van der Waals surface area contributed by atoms with Gasteiger partial charge in [-0.2, -0.15) is 0 Å². The summed E-state index contributed by atoms with van der Waals surface area (Å²) < 4.78 is 23.7. The number of esters is 1. The minimum absolute atomic E-state index is 0.0945. The average Bonchev–Trinajstić information content (AvgIpc) is 2.52. The van der Waals surface area contributed by atoms with Gasteiger partial charge in [0.05, 0.1) is 5.69 Å². The maximum atomic E-state index is 13.1. The maximum Gasteiger partial charge on any atom is 0.331 e. The molecule has 6 heteroatoms. The van der Waals surface area contributed by atoms with Crippen molar-refractivity contribution in [3.8, 4) is 11.5 Å². The highest BCUT2D eigenvalue weighted by molar-refractivity contribution is 6.03. The Morgan fingerprint density at radius 1 is 1.26 bits per heavy atom. The molecule has 2 aromatic carbocycles. The molecule has 0 N–H and O–H groups in total. The van der Waals surface area contributed by atoms with Gasteiger partial charge >= 0.3 is 5.97 Å². The number of hydrogen-bond donors (Lipinski definition) is 0. The summed E-state index contributed by atoms with van der Waals surface area (Å²) in [5, 5.41) is 0. The molecule has 3 rings (SSSR count). The van der Waals surface area contributed by atoms with Crippen LogP contribution in [0.1, 0.15) is 6.92 Å². The lowest BCUT2D eigenvalue weighted by atomic mass is 10.2. The predicted octanol–water partition coefficient (Wildman–Crippen LogP) is 2.55. The molecule has 1 unspecified atom stereocenters. The standard InChI is InChI=1S/C17H14FNO4/c1-11-17(21)19(14-7-2-3-8-15(14)22-11)10-16(20)23-13-6-4-5-12(18)9-13/h2-9,11H,10H2,1H3. The van der Waals surface area contributed by atoms with Crippen molar-refractivity contribution >= 4 is 17.6 Å². The molecule has 0 saturated heterocycles. The Labute approximate surface area is 132 Å². The van der Waals surface area contributed by atoms with Crippen molar-refractivity contribution in [1.82, 2.24) is 0 Å². The quantitative estimate of drug-likeness (QED) is 0.645. The molecule has 1 aliphatic heterocycles. The molecule has 0 aromatic heterocycles. The average molecular weight is 315 g/mol. The second-order valence-corrected chi connectivity index (χ2v) is 5.08. The van der Waals surface area contributed by atoms with Gasteiger partial charge in [0.25, 0.3) is 5.91 Å². The highest BCUT2D eigenvalue weighted by Gasteiger charge is 2.32. The van der Waals surface area contributed by atoms with Gasteiger partial charge in [-0.05, 0) is 31.2 Å². The Hall–Kier alpha value is -2.89. The summed E-state index contributed by atoms with van der Waals surface area (Å²) in [4.78, 5) is 25.6. The zero-order valence-electron chi connectivity index (χ0n) is 12.4. The van der Waals surface area contributed by atoms with Crippen molar-refractivity contribution in [3.05, 3.63) is 54.3 Å². The van der Waals surface area contributed by atoms with Crippen LogP contribution in [0.2, 0.25) is 0 Å². The molecule has 1 aliphatic rings. The van der Waals surface area contributed by atoms with Gasteiger partial charge in [0.1, 0.15) is 23.9 Å². The molecule has 0 radical (unpaired) electrons. The highest BCUT2D eigenvalue weighted by Crippen LogP contribution is 2.33. The van der Waals surface area contributed by atoms with Gasteiger partial charge < -0.3 is 9.47 Å². The van der Waals surface area contributed by atoms with Gasteiger partial charge in [-0.3, -0.25) is 9.69 Å². The first-order chi connectivity index (χ1) is 11.0. The van der Waals surface area contributed by atoms with Crippen molar-refractivity contribution in [3.63, 3.8) is 0 Å². The molecule has 1 amide bonds. The van der Waals surface area contributed by atoms with Gasteiger partial charge in [0.15, 0.2) is 6.10 Å². The van der Waals surface area contributed by atoms with Crippen LogP contribution >= 0.6 is 0 Å². The first-order valence-corrected chi connectivity index (χ1v) is 7.08. The lowest BCUT2D eigenvalue weighted by Gasteiger charge is -2.32. The van der Waals surface area contributed by atoms with E-state index < -0.39 is 17.9 Å². The van der Waals surface area contributed by atoms with E-state index in [0.717, 1.165) is 6.07 Å². The number of halogens is 1. The third kappa shape index (κ3) is 3.15. The molecular weight excluding hydrogens is 301 g/mol. The maximum absolute atomic E-state index is 13.1. The SMILES string of the molecule is CC1Oc2ccccc2N(CC(=O)Oc2cccc(F)c2)C1=O. The summed E-state index contributed by atoms with van der Waals surface area (Å²) in [7, 11) is 0. The molecule has 1 atom stereocenters. The summed E-state index contributed by atoms with van der Waals surface area (Å²) in [5.41, 5.74) is 0.506. The number of anilines is 1. The smallest absolute Gasteiger partial charge is 0.331 e. The Morgan fingerprint density at radius 3 is 2.83 bits per heavy atom. The fourth-order valence-electron chi connectivity index (χ4n) is 2.35. The fourth-order valence-corrected chi connectivity index (χ4v) is 2.35. The van der Waals surface area contributed by atoms with Gasteiger partial charge in [-0.25, -0.2) is 9.18 Å². The number of carbonyl (C=O) groups is 2. The van der Waals surface area contributed by atoms with Gasteiger partial charge in [0.2, 0.25) is 0 Å². The Bertz CT molecular complexity index is 762. The molecule has 0 saturated carbocycles. The normalized spacial score (nSPS) is 16.5. The number of para-hydroxylation sites is 2. The van der Waals surface area contributed by atoms with E-state index in [-0.39, 0.29) is 18.2 Å². The first kappa shape index (κ1) is 15.0. The zero-order chi connectivity index (χ0) is 16.4.